The first-order chi connectivity index (χ1) is 8.62. The standard InChI is InChI=1S/C13H15BrClNO3/c1-13(2,3)10(12(18)19)16-11(17)8-6-7(14)4-5-9(8)15/h4-6,10H,1-3H3,(H,16,17)(H,18,19)/t10-/m1/s1. The number of carbonyl (C=O) groups is 2. The summed E-state index contributed by atoms with van der Waals surface area (Å²) in [6.45, 7) is 5.23. The van der Waals surface area contributed by atoms with Crippen molar-refractivity contribution in [3.63, 3.8) is 0 Å². The molecule has 0 unspecified atom stereocenters. The summed E-state index contributed by atoms with van der Waals surface area (Å²) in [5, 5.41) is 11.9. The van der Waals surface area contributed by atoms with Gasteiger partial charge in [0.25, 0.3) is 5.91 Å². The second-order valence-corrected chi connectivity index (χ2v) is 6.56. The van der Waals surface area contributed by atoms with Gasteiger partial charge in [0, 0.05) is 4.47 Å². The van der Waals surface area contributed by atoms with E-state index in [2.05, 4.69) is 21.2 Å². The Labute approximate surface area is 125 Å². The molecule has 0 saturated heterocycles. The largest absolute Gasteiger partial charge is 0.480 e. The Morgan fingerprint density at radius 1 is 1.37 bits per heavy atom. The van der Waals surface area contributed by atoms with E-state index in [0.29, 0.717) is 4.47 Å². The van der Waals surface area contributed by atoms with E-state index in [-0.39, 0.29) is 10.6 Å². The van der Waals surface area contributed by atoms with Crippen molar-refractivity contribution in [3.05, 3.63) is 33.3 Å². The van der Waals surface area contributed by atoms with E-state index < -0.39 is 23.3 Å². The van der Waals surface area contributed by atoms with Crippen molar-refractivity contribution in [2.24, 2.45) is 5.41 Å². The first-order valence-corrected chi connectivity index (χ1v) is 6.78. The fourth-order valence-electron chi connectivity index (χ4n) is 1.53. The van der Waals surface area contributed by atoms with Gasteiger partial charge in [0.05, 0.1) is 10.6 Å². The highest BCUT2D eigenvalue weighted by Gasteiger charge is 2.33. The number of rotatable bonds is 3. The van der Waals surface area contributed by atoms with Gasteiger partial charge >= 0.3 is 5.97 Å². The third-order valence-corrected chi connectivity index (χ3v) is 3.38. The van der Waals surface area contributed by atoms with Gasteiger partial charge in [-0.3, -0.25) is 4.79 Å². The lowest BCUT2D eigenvalue weighted by molar-refractivity contribution is -0.142. The summed E-state index contributed by atoms with van der Waals surface area (Å²) in [7, 11) is 0. The van der Waals surface area contributed by atoms with E-state index >= 15 is 0 Å². The van der Waals surface area contributed by atoms with Crippen LogP contribution in [0.4, 0.5) is 0 Å². The zero-order valence-electron chi connectivity index (χ0n) is 10.8. The van der Waals surface area contributed by atoms with Crippen molar-refractivity contribution >= 4 is 39.4 Å². The van der Waals surface area contributed by atoms with Gasteiger partial charge in [-0.1, -0.05) is 48.3 Å². The zero-order chi connectivity index (χ0) is 14.8. The number of amides is 1. The summed E-state index contributed by atoms with van der Waals surface area (Å²) >= 11 is 9.18. The van der Waals surface area contributed by atoms with Crippen LogP contribution in [-0.4, -0.2) is 23.0 Å². The highest BCUT2D eigenvalue weighted by Crippen LogP contribution is 2.23. The minimum Gasteiger partial charge on any atom is -0.480 e. The van der Waals surface area contributed by atoms with Crippen LogP contribution in [0, 0.1) is 5.41 Å². The van der Waals surface area contributed by atoms with Gasteiger partial charge < -0.3 is 10.4 Å². The van der Waals surface area contributed by atoms with Gasteiger partial charge in [0.1, 0.15) is 6.04 Å². The molecule has 1 aromatic rings. The Kier molecular flexibility index (Phi) is 4.98. The normalized spacial score (nSPS) is 12.9. The molecule has 0 aliphatic carbocycles. The molecule has 19 heavy (non-hydrogen) atoms. The number of carboxylic acids is 1. The van der Waals surface area contributed by atoms with Gasteiger partial charge in [0.15, 0.2) is 0 Å². The smallest absolute Gasteiger partial charge is 0.326 e. The molecule has 0 saturated carbocycles. The Hall–Kier alpha value is -1.07. The number of aliphatic carboxylic acids is 1. The molecule has 104 valence electrons. The molecular formula is C13H15BrClNO3. The highest BCUT2D eigenvalue weighted by molar-refractivity contribution is 9.10. The van der Waals surface area contributed by atoms with Crippen molar-refractivity contribution in [2.45, 2.75) is 26.8 Å². The maximum atomic E-state index is 12.1. The van der Waals surface area contributed by atoms with Crippen molar-refractivity contribution in [2.75, 3.05) is 0 Å². The molecule has 0 spiro atoms. The second kappa shape index (κ2) is 5.92. The van der Waals surface area contributed by atoms with Crippen molar-refractivity contribution < 1.29 is 14.7 Å². The molecule has 0 aliphatic heterocycles. The summed E-state index contributed by atoms with van der Waals surface area (Å²) in [6.07, 6.45) is 0. The van der Waals surface area contributed by atoms with Gasteiger partial charge in [-0.25, -0.2) is 4.79 Å². The number of nitrogens with one attached hydrogen (secondary N) is 1. The molecule has 1 rings (SSSR count). The van der Waals surface area contributed by atoms with Crippen LogP contribution in [0.1, 0.15) is 31.1 Å². The molecular weight excluding hydrogens is 334 g/mol. The Bertz CT molecular complexity index is 511. The monoisotopic (exact) mass is 347 g/mol. The first kappa shape index (κ1) is 16.0. The van der Waals surface area contributed by atoms with Crippen LogP contribution < -0.4 is 5.32 Å². The van der Waals surface area contributed by atoms with E-state index in [1.54, 1.807) is 39.0 Å². The van der Waals surface area contributed by atoms with Crippen LogP contribution in [0.25, 0.3) is 0 Å². The van der Waals surface area contributed by atoms with E-state index in [1.165, 1.54) is 0 Å². The molecule has 1 aromatic carbocycles. The Morgan fingerprint density at radius 3 is 2.42 bits per heavy atom. The van der Waals surface area contributed by atoms with Crippen molar-refractivity contribution in [3.8, 4) is 0 Å². The summed E-state index contributed by atoms with van der Waals surface area (Å²) < 4.78 is 0.699. The fourth-order valence-corrected chi connectivity index (χ4v) is 2.09. The minimum atomic E-state index is -1.08. The Balaban J connectivity index is 3.01. The second-order valence-electron chi connectivity index (χ2n) is 5.23. The summed E-state index contributed by atoms with van der Waals surface area (Å²) in [5.41, 5.74) is -0.355. The van der Waals surface area contributed by atoms with Gasteiger partial charge in [-0.05, 0) is 23.6 Å². The average Bonchev–Trinajstić information content (AvgIpc) is 2.26. The van der Waals surface area contributed by atoms with Crippen LogP contribution in [-0.2, 0) is 4.79 Å². The van der Waals surface area contributed by atoms with Crippen LogP contribution in [0.3, 0.4) is 0 Å². The number of benzene rings is 1. The van der Waals surface area contributed by atoms with E-state index in [0.717, 1.165) is 0 Å². The summed E-state index contributed by atoms with van der Waals surface area (Å²) in [6, 6.07) is 3.85. The molecule has 1 atom stereocenters. The molecule has 0 aliphatic rings. The molecule has 0 radical (unpaired) electrons. The summed E-state index contributed by atoms with van der Waals surface area (Å²) in [5.74, 6) is -1.58. The van der Waals surface area contributed by atoms with Gasteiger partial charge in [0.2, 0.25) is 0 Å². The third kappa shape index (κ3) is 4.21. The van der Waals surface area contributed by atoms with Crippen LogP contribution in [0.5, 0.6) is 0 Å². The third-order valence-electron chi connectivity index (χ3n) is 2.56. The van der Waals surface area contributed by atoms with Gasteiger partial charge in [-0.2, -0.15) is 0 Å². The lowest BCUT2D eigenvalue weighted by atomic mass is 9.86. The topological polar surface area (TPSA) is 66.4 Å². The SMILES string of the molecule is CC(C)(C)[C@H](NC(=O)c1cc(Br)ccc1Cl)C(=O)O. The zero-order valence-corrected chi connectivity index (χ0v) is 13.2. The predicted molar refractivity (Wildman–Crippen MR) is 77.5 cm³/mol. The lowest BCUT2D eigenvalue weighted by Gasteiger charge is -2.27. The molecule has 6 heteroatoms. The molecule has 0 bridgehead atoms. The number of carbonyl (C=O) groups excluding carboxylic acids is 1. The molecule has 0 aromatic heterocycles. The molecule has 0 heterocycles. The van der Waals surface area contributed by atoms with E-state index in [9.17, 15) is 14.7 Å². The molecule has 2 N–H and O–H groups in total. The lowest BCUT2D eigenvalue weighted by Crippen LogP contribution is -2.49. The predicted octanol–water partition coefficient (Wildman–Crippen LogP) is 3.33. The number of hydrogen-bond donors (Lipinski definition) is 2. The molecule has 4 nitrogen and oxygen atoms in total. The van der Waals surface area contributed by atoms with E-state index in [1.807, 2.05) is 0 Å². The van der Waals surface area contributed by atoms with Crippen molar-refractivity contribution in [1.82, 2.24) is 5.32 Å². The fraction of sp³-hybridized carbons (Fsp3) is 0.385. The van der Waals surface area contributed by atoms with Crippen LogP contribution in [0.15, 0.2) is 22.7 Å². The quantitative estimate of drug-likeness (QED) is 0.880. The maximum absolute atomic E-state index is 12.1. The highest BCUT2D eigenvalue weighted by atomic mass is 79.9. The number of carboxylic acid groups (broad SMARTS) is 1. The number of halogens is 2. The van der Waals surface area contributed by atoms with Crippen LogP contribution >= 0.6 is 27.5 Å². The van der Waals surface area contributed by atoms with Crippen LogP contribution in [0.2, 0.25) is 5.02 Å². The molecule has 0 fully saturated rings. The summed E-state index contributed by atoms with van der Waals surface area (Å²) in [4.78, 5) is 23.3. The number of hydrogen-bond acceptors (Lipinski definition) is 2. The first-order valence-electron chi connectivity index (χ1n) is 5.61. The van der Waals surface area contributed by atoms with Gasteiger partial charge in [-0.15, -0.1) is 0 Å². The Morgan fingerprint density at radius 2 is 1.95 bits per heavy atom. The van der Waals surface area contributed by atoms with E-state index in [4.69, 9.17) is 11.6 Å². The van der Waals surface area contributed by atoms with Crippen molar-refractivity contribution in [1.29, 1.82) is 0 Å². The average molecular weight is 349 g/mol. The molecule has 1 amide bonds. The minimum absolute atomic E-state index is 0.242. The maximum Gasteiger partial charge on any atom is 0.326 e.